The van der Waals surface area contributed by atoms with Crippen LogP contribution in [0.3, 0.4) is 0 Å². The second-order valence-corrected chi connectivity index (χ2v) is 10.3. The van der Waals surface area contributed by atoms with Crippen molar-refractivity contribution in [3.05, 3.63) is 74.9 Å². The smallest absolute Gasteiger partial charge is 0.349 e. The van der Waals surface area contributed by atoms with E-state index in [1.165, 1.54) is 34.8 Å². The van der Waals surface area contributed by atoms with Gasteiger partial charge in [-0.25, -0.2) is 9.18 Å². The molecule has 3 aromatic rings. The summed E-state index contributed by atoms with van der Waals surface area (Å²) in [5, 5.41) is 15.1. The molecule has 0 spiro atoms. The van der Waals surface area contributed by atoms with E-state index in [1.807, 2.05) is 22.9 Å². The minimum atomic E-state index is -1.77. The summed E-state index contributed by atoms with van der Waals surface area (Å²) in [5.41, 5.74) is -1.77. The van der Waals surface area contributed by atoms with Gasteiger partial charge >= 0.3 is 5.97 Å². The summed E-state index contributed by atoms with van der Waals surface area (Å²) < 4.78 is 25.3. The van der Waals surface area contributed by atoms with Gasteiger partial charge < -0.3 is 19.1 Å². The van der Waals surface area contributed by atoms with Crippen LogP contribution in [0.1, 0.15) is 22.6 Å². The van der Waals surface area contributed by atoms with Crippen LogP contribution in [0.25, 0.3) is 0 Å². The molecule has 2 aromatic heterocycles. The van der Waals surface area contributed by atoms with Gasteiger partial charge in [-0.05, 0) is 47.2 Å². The van der Waals surface area contributed by atoms with Crippen molar-refractivity contribution >= 4 is 28.6 Å². The number of aliphatic hydroxyl groups is 1. The van der Waals surface area contributed by atoms with E-state index in [0.717, 1.165) is 30.4 Å². The van der Waals surface area contributed by atoms with E-state index in [9.17, 15) is 14.3 Å². The maximum atomic E-state index is 13.2. The normalized spacial score (nSPS) is 20.9. The highest BCUT2D eigenvalue weighted by Crippen LogP contribution is 2.37. The Morgan fingerprint density at radius 1 is 1.16 bits per heavy atom. The maximum absolute atomic E-state index is 13.2. The molecule has 0 bridgehead atoms. The fourth-order valence-corrected chi connectivity index (χ4v) is 5.84. The number of likely N-dealkylation sites (tertiary alicyclic amines) is 1. The third-order valence-corrected chi connectivity index (χ3v) is 7.84. The Bertz CT molecular complexity index is 973. The second-order valence-electron chi connectivity index (χ2n) is 8.39. The Hall–Kier alpha value is -2.26. The summed E-state index contributed by atoms with van der Waals surface area (Å²) in [6, 6.07) is 13.2. The summed E-state index contributed by atoms with van der Waals surface area (Å²) in [5.74, 6) is -0.234. The van der Waals surface area contributed by atoms with Gasteiger partial charge in [0.05, 0.1) is 36.5 Å². The molecule has 1 aliphatic rings. The van der Waals surface area contributed by atoms with Crippen LogP contribution in [-0.2, 0) is 15.1 Å². The predicted octanol–water partition coefficient (Wildman–Crippen LogP) is 4.42. The molecule has 1 aliphatic heterocycles. The molecule has 170 valence electrons. The standard InChI is InChI=1S/C24H27FNO4S2/c1-26(12-4-14-29-19-9-7-18(25)8-10-19)13-11-20(17-26)30-23(27)24(28,21-5-2-15-31-21)22-6-3-16-32-22/h2-3,5-10,15-16,20,28H,4,11-14,17H2,1H3/q+1. The van der Waals surface area contributed by atoms with Gasteiger partial charge in [0.25, 0.3) is 0 Å². The fourth-order valence-electron chi connectivity index (χ4n) is 4.12. The van der Waals surface area contributed by atoms with E-state index in [1.54, 1.807) is 24.3 Å². The van der Waals surface area contributed by atoms with E-state index in [0.29, 0.717) is 28.7 Å². The average Bonchev–Trinajstić information content (AvgIpc) is 3.55. The van der Waals surface area contributed by atoms with E-state index < -0.39 is 11.6 Å². The molecule has 8 heteroatoms. The third kappa shape index (κ3) is 5.04. The lowest BCUT2D eigenvalue weighted by molar-refractivity contribution is -0.899. The molecule has 0 amide bonds. The molecule has 32 heavy (non-hydrogen) atoms. The number of benzene rings is 1. The monoisotopic (exact) mass is 476 g/mol. The Balaban J connectivity index is 1.31. The number of likely N-dealkylation sites (N-methyl/N-ethyl adjacent to an activating group) is 1. The number of hydrogen-bond donors (Lipinski definition) is 1. The maximum Gasteiger partial charge on any atom is 0.349 e. The second kappa shape index (κ2) is 9.70. The molecule has 5 nitrogen and oxygen atoms in total. The number of nitrogens with zero attached hydrogens (tertiary/aromatic N) is 1. The van der Waals surface area contributed by atoms with Crippen molar-refractivity contribution in [1.82, 2.24) is 0 Å². The number of quaternary nitrogens is 1. The molecule has 0 radical (unpaired) electrons. The number of ether oxygens (including phenoxy) is 2. The van der Waals surface area contributed by atoms with Gasteiger partial charge in [-0.1, -0.05) is 12.1 Å². The van der Waals surface area contributed by atoms with E-state index in [-0.39, 0.29) is 11.9 Å². The van der Waals surface area contributed by atoms with E-state index >= 15 is 0 Å². The number of esters is 1. The van der Waals surface area contributed by atoms with Crippen LogP contribution in [0.5, 0.6) is 5.75 Å². The number of halogens is 1. The average molecular weight is 477 g/mol. The molecule has 2 atom stereocenters. The van der Waals surface area contributed by atoms with E-state index in [2.05, 4.69) is 7.05 Å². The zero-order valence-corrected chi connectivity index (χ0v) is 19.5. The number of carbonyl (C=O) groups excluding carboxylic acids is 1. The van der Waals surface area contributed by atoms with Crippen molar-refractivity contribution in [3.63, 3.8) is 0 Å². The van der Waals surface area contributed by atoms with Gasteiger partial charge in [-0.3, -0.25) is 0 Å². The number of carbonyl (C=O) groups is 1. The van der Waals surface area contributed by atoms with Gasteiger partial charge in [0.2, 0.25) is 5.60 Å². The molecular formula is C24H27FNO4S2+. The van der Waals surface area contributed by atoms with Crippen LogP contribution in [0.2, 0.25) is 0 Å². The molecule has 1 saturated heterocycles. The zero-order valence-electron chi connectivity index (χ0n) is 17.9. The lowest BCUT2D eigenvalue weighted by atomic mass is 10.00. The first-order valence-electron chi connectivity index (χ1n) is 10.6. The first kappa shape index (κ1) is 22.9. The topological polar surface area (TPSA) is 55.8 Å². The molecule has 2 unspecified atom stereocenters. The molecule has 1 fully saturated rings. The van der Waals surface area contributed by atoms with Crippen molar-refractivity contribution in [1.29, 1.82) is 0 Å². The van der Waals surface area contributed by atoms with Crippen LogP contribution in [0.4, 0.5) is 4.39 Å². The summed E-state index contributed by atoms with van der Waals surface area (Å²) in [6.45, 7) is 3.02. The highest BCUT2D eigenvalue weighted by atomic mass is 32.1. The van der Waals surface area contributed by atoms with Crippen LogP contribution >= 0.6 is 22.7 Å². The van der Waals surface area contributed by atoms with Gasteiger partial charge in [0, 0.05) is 12.8 Å². The first-order chi connectivity index (χ1) is 15.4. The Morgan fingerprint density at radius 2 is 1.81 bits per heavy atom. The third-order valence-electron chi connectivity index (χ3n) is 5.88. The summed E-state index contributed by atoms with van der Waals surface area (Å²) in [6.07, 6.45) is 1.35. The fraction of sp³-hybridized carbons (Fsp3) is 0.375. The van der Waals surface area contributed by atoms with Crippen molar-refractivity contribution < 1.29 is 28.2 Å². The van der Waals surface area contributed by atoms with Crippen molar-refractivity contribution in [2.45, 2.75) is 24.5 Å². The van der Waals surface area contributed by atoms with Crippen molar-refractivity contribution in [3.8, 4) is 5.75 Å². The van der Waals surface area contributed by atoms with Gasteiger partial charge in [-0.15, -0.1) is 22.7 Å². The van der Waals surface area contributed by atoms with Crippen molar-refractivity contribution in [2.75, 3.05) is 33.3 Å². The van der Waals surface area contributed by atoms with Gasteiger partial charge in [0.15, 0.2) is 6.10 Å². The minimum absolute atomic E-state index is 0.239. The summed E-state index contributed by atoms with van der Waals surface area (Å²) >= 11 is 2.69. The zero-order chi connectivity index (χ0) is 22.6. The van der Waals surface area contributed by atoms with Gasteiger partial charge in [0.1, 0.15) is 18.1 Å². The largest absolute Gasteiger partial charge is 0.493 e. The molecule has 1 aromatic carbocycles. The molecular weight excluding hydrogens is 449 g/mol. The number of rotatable bonds is 9. The summed E-state index contributed by atoms with van der Waals surface area (Å²) in [7, 11) is 2.15. The minimum Gasteiger partial charge on any atom is -0.493 e. The van der Waals surface area contributed by atoms with E-state index in [4.69, 9.17) is 9.47 Å². The number of hydrogen-bond acceptors (Lipinski definition) is 6. The Labute approximate surface area is 195 Å². The molecule has 4 rings (SSSR count). The highest BCUT2D eigenvalue weighted by Gasteiger charge is 2.46. The predicted molar refractivity (Wildman–Crippen MR) is 123 cm³/mol. The van der Waals surface area contributed by atoms with Gasteiger partial charge in [-0.2, -0.15) is 0 Å². The quantitative estimate of drug-likeness (QED) is 0.282. The first-order valence-corrected chi connectivity index (χ1v) is 12.4. The van der Waals surface area contributed by atoms with Crippen molar-refractivity contribution in [2.24, 2.45) is 0 Å². The molecule has 0 aliphatic carbocycles. The lowest BCUT2D eigenvalue weighted by Gasteiger charge is -2.30. The Kier molecular flexibility index (Phi) is 6.95. The molecule has 0 saturated carbocycles. The summed E-state index contributed by atoms with van der Waals surface area (Å²) in [4.78, 5) is 14.3. The van der Waals surface area contributed by atoms with Crippen LogP contribution in [0.15, 0.2) is 59.3 Å². The van der Waals surface area contributed by atoms with Crippen LogP contribution < -0.4 is 4.74 Å². The number of thiophene rings is 2. The lowest BCUT2D eigenvalue weighted by Crippen LogP contribution is -2.45. The molecule has 1 N–H and O–H groups in total. The molecule has 3 heterocycles. The van der Waals surface area contributed by atoms with Crippen LogP contribution in [0, 0.1) is 5.82 Å². The van der Waals surface area contributed by atoms with Crippen LogP contribution in [-0.4, -0.2) is 55.0 Å². The Morgan fingerprint density at radius 3 is 2.41 bits per heavy atom. The SMILES string of the molecule is C[N+]1(CCCOc2ccc(F)cc2)CCC(OC(=O)C(O)(c2cccs2)c2cccs2)C1. The highest BCUT2D eigenvalue weighted by molar-refractivity contribution is 7.12.